The van der Waals surface area contributed by atoms with Gasteiger partial charge in [0.2, 0.25) is 0 Å². The minimum atomic E-state index is 0.733. The Bertz CT molecular complexity index is 640. The van der Waals surface area contributed by atoms with Crippen LogP contribution in [0.15, 0.2) is 23.3 Å². The Balaban J connectivity index is 1.48. The summed E-state index contributed by atoms with van der Waals surface area (Å²) < 4.78 is 0. The van der Waals surface area contributed by atoms with Crippen molar-refractivity contribution in [3.8, 4) is 0 Å². The first-order valence-corrected chi connectivity index (χ1v) is 11.3. The third-order valence-electron chi connectivity index (χ3n) is 6.25. The summed E-state index contributed by atoms with van der Waals surface area (Å²) in [5.74, 6) is 1.96. The molecule has 0 spiro atoms. The SMILES string of the molecule is CCC1CCCCN1CCNC(=NC)NCc1cccnc1N1CCN(C)CC1. The average molecular weight is 402 g/mol. The Kier molecular flexibility index (Phi) is 8.55. The van der Waals surface area contributed by atoms with Crippen LogP contribution < -0.4 is 15.5 Å². The van der Waals surface area contributed by atoms with Gasteiger partial charge in [-0.15, -0.1) is 0 Å². The van der Waals surface area contributed by atoms with E-state index in [1.54, 1.807) is 0 Å². The van der Waals surface area contributed by atoms with Gasteiger partial charge in [0, 0.05) is 70.7 Å². The highest BCUT2D eigenvalue weighted by Gasteiger charge is 2.20. The molecule has 2 aliphatic rings. The molecule has 7 nitrogen and oxygen atoms in total. The summed E-state index contributed by atoms with van der Waals surface area (Å²) in [5.41, 5.74) is 1.22. The lowest BCUT2D eigenvalue weighted by atomic mass is 10.0. The largest absolute Gasteiger partial charge is 0.355 e. The predicted molar refractivity (Wildman–Crippen MR) is 122 cm³/mol. The fraction of sp³-hybridized carbons (Fsp3) is 0.727. The minimum absolute atomic E-state index is 0.733. The number of piperidine rings is 1. The van der Waals surface area contributed by atoms with E-state index in [-0.39, 0.29) is 0 Å². The lowest BCUT2D eigenvalue weighted by Crippen LogP contribution is -2.46. The van der Waals surface area contributed by atoms with Crippen molar-refractivity contribution in [2.45, 2.75) is 45.2 Å². The maximum atomic E-state index is 4.67. The molecule has 1 atom stereocenters. The molecule has 0 aliphatic carbocycles. The van der Waals surface area contributed by atoms with Crippen molar-refractivity contribution in [1.29, 1.82) is 0 Å². The molecule has 3 rings (SSSR count). The van der Waals surface area contributed by atoms with Crippen LogP contribution in [0.5, 0.6) is 0 Å². The van der Waals surface area contributed by atoms with Gasteiger partial charge in [-0.05, 0) is 38.9 Å². The minimum Gasteiger partial charge on any atom is -0.355 e. The van der Waals surface area contributed by atoms with Crippen LogP contribution in [-0.2, 0) is 6.54 Å². The maximum absolute atomic E-state index is 4.67. The van der Waals surface area contributed by atoms with Crippen molar-refractivity contribution in [1.82, 2.24) is 25.4 Å². The van der Waals surface area contributed by atoms with Crippen LogP contribution >= 0.6 is 0 Å². The van der Waals surface area contributed by atoms with Crippen molar-refractivity contribution < 1.29 is 0 Å². The Labute approximate surface area is 176 Å². The highest BCUT2D eigenvalue weighted by atomic mass is 15.3. The van der Waals surface area contributed by atoms with E-state index in [1.807, 2.05) is 19.3 Å². The van der Waals surface area contributed by atoms with Crippen LogP contribution in [0.4, 0.5) is 5.82 Å². The second-order valence-corrected chi connectivity index (χ2v) is 8.22. The van der Waals surface area contributed by atoms with Gasteiger partial charge in [-0.3, -0.25) is 9.89 Å². The van der Waals surface area contributed by atoms with Crippen molar-refractivity contribution in [3.05, 3.63) is 23.9 Å². The fourth-order valence-corrected chi connectivity index (χ4v) is 4.41. The van der Waals surface area contributed by atoms with Gasteiger partial charge in [0.05, 0.1) is 0 Å². The van der Waals surface area contributed by atoms with Gasteiger partial charge < -0.3 is 20.4 Å². The third-order valence-corrected chi connectivity index (χ3v) is 6.25. The normalized spacial score (nSPS) is 22.0. The molecule has 2 N–H and O–H groups in total. The summed E-state index contributed by atoms with van der Waals surface area (Å²) in [6, 6.07) is 4.94. The van der Waals surface area contributed by atoms with E-state index in [4.69, 9.17) is 0 Å². The van der Waals surface area contributed by atoms with E-state index in [0.29, 0.717) is 0 Å². The van der Waals surface area contributed by atoms with Gasteiger partial charge >= 0.3 is 0 Å². The van der Waals surface area contributed by atoms with E-state index in [0.717, 1.165) is 63.6 Å². The quantitative estimate of drug-likeness (QED) is 0.536. The molecule has 2 fully saturated rings. The van der Waals surface area contributed by atoms with Crippen LogP contribution in [0.1, 0.15) is 38.2 Å². The molecule has 1 aromatic heterocycles. The lowest BCUT2D eigenvalue weighted by Gasteiger charge is -2.35. The molecular formula is C22H39N7. The van der Waals surface area contributed by atoms with Crippen LogP contribution in [-0.4, -0.2) is 86.7 Å². The van der Waals surface area contributed by atoms with Gasteiger partial charge in [0.25, 0.3) is 0 Å². The van der Waals surface area contributed by atoms with Crippen LogP contribution in [0.2, 0.25) is 0 Å². The number of aliphatic imine (C=N–C) groups is 1. The van der Waals surface area contributed by atoms with E-state index in [2.05, 4.69) is 55.3 Å². The summed E-state index contributed by atoms with van der Waals surface area (Å²) in [6.07, 6.45) is 7.21. The standard InChI is InChI=1S/C22H39N7/c1-4-20-9-5-6-12-28(20)13-11-25-22(23-2)26-18-19-8-7-10-24-21(19)29-16-14-27(3)15-17-29/h7-8,10,20H,4-6,9,11-18H2,1-3H3,(H2,23,25,26). The number of piperazine rings is 1. The van der Waals surface area contributed by atoms with Crippen LogP contribution in [0.3, 0.4) is 0 Å². The molecule has 29 heavy (non-hydrogen) atoms. The number of guanidine groups is 1. The zero-order chi connectivity index (χ0) is 20.5. The number of likely N-dealkylation sites (N-methyl/N-ethyl adjacent to an activating group) is 1. The van der Waals surface area contributed by atoms with E-state index in [1.165, 1.54) is 37.8 Å². The predicted octanol–water partition coefficient (Wildman–Crippen LogP) is 1.76. The van der Waals surface area contributed by atoms with Gasteiger partial charge in [0.1, 0.15) is 5.82 Å². The zero-order valence-corrected chi connectivity index (χ0v) is 18.5. The number of hydrogen-bond donors (Lipinski definition) is 2. The fourth-order valence-electron chi connectivity index (χ4n) is 4.41. The highest BCUT2D eigenvalue weighted by molar-refractivity contribution is 5.79. The van der Waals surface area contributed by atoms with E-state index in [9.17, 15) is 0 Å². The van der Waals surface area contributed by atoms with Crippen molar-refractivity contribution in [2.75, 3.05) is 64.8 Å². The Hall–Kier alpha value is -1.86. The average Bonchev–Trinajstić information content (AvgIpc) is 2.77. The summed E-state index contributed by atoms with van der Waals surface area (Å²) in [5, 5.41) is 6.97. The lowest BCUT2D eigenvalue weighted by molar-refractivity contribution is 0.147. The summed E-state index contributed by atoms with van der Waals surface area (Å²) in [7, 11) is 4.02. The van der Waals surface area contributed by atoms with Crippen molar-refractivity contribution in [2.24, 2.45) is 4.99 Å². The number of nitrogens with zero attached hydrogens (tertiary/aromatic N) is 5. The molecule has 1 unspecified atom stereocenters. The maximum Gasteiger partial charge on any atom is 0.191 e. The summed E-state index contributed by atoms with van der Waals surface area (Å²) in [4.78, 5) is 16.5. The molecule has 1 aromatic rings. The van der Waals surface area contributed by atoms with Crippen molar-refractivity contribution in [3.63, 3.8) is 0 Å². The molecular weight excluding hydrogens is 362 g/mol. The van der Waals surface area contributed by atoms with E-state index < -0.39 is 0 Å². The molecule has 2 aliphatic heterocycles. The van der Waals surface area contributed by atoms with Gasteiger partial charge in [0.15, 0.2) is 5.96 Å². The van der Waals surface area contributed by atoms with Crippen molar-refractivity contribution >= 4 is 11.8 Å². The molecule has 162 valence electrons. The monoisotopic (exact) mass is 401 g/mol. The first-order chi connectivity index (χ1) is 14.2. The number of likely N-dealkylation sites (tertiary alicyclic amines) is 1. The number of nitrogens with one attached hydrogen (secondary N) is 2. The molecule has 0 bridgehead atoms. The molecule has 0 aromatic carbocycles. The number of hydrogen-bond acceptors (Lipinski definition) is 5. The number of anilines is 1. The number of pyridine rings is 1. The second kappa shape index (κ2) is 11.4. The molecule has 2 saturated heterocycles. The van der Waals surface area contributed by atoms with E-state index >= 15 is 0 Å². The summed E-state index contributed by atoms with van der Waals surface area (Å²) >= 11 is 0. The molecule has 7 heteroatoms. The smallest absolute Gasteiger partial charge is 0.191 e. The first kappa shape index (κ1) is 21.8. The zero-order valence-electron chi connectivity index (χ0n) is 18.5. The Morgan fingerprint density at radius 1 is 1.17 bits per heavy atom. The van der Waals surface area contributed by atoms with Crippen LogP contribution in [0.25, 0.3) is 0 Å². The Morgan fingerprint density at radius 2 is 2.00 bits per heavy atom. The van der Waals surface area contributed by atoms with Gasteiger partial charge in [-0.25, -0.2) is 4.98 Å². The molecule has 3 heterocycles. The summed E-state index contributed by atoms with van der Waals surface area (Å²) in [6.45, 7) is 10.5. The molecule has 0 amide bonds. The van der Waals surface area contributed by atoms with Crippen LogP contribution in [0, 0.1) is 0 Å². The first-order valence-electron chi connectivity index (χ1n) is 11.3. The molecule has 0 radical (unpaired) electrons. The Morgan fingerprint density at radius 3 is 2.76 bits per heavy atom. The topological polar surface area (TPSA) is 59.0 Å². The number of aromatic nitrogens is 1. The number of rotatable bonds is 7. The second-order valence-electron chi connectivity index (χ2n) is 8.22. The van der Waals surface area contributed by atoms with Gasteiger partial charge in [-0.1, -0.05) is 19.4 Å². The molecule has 0 saturated carbocycles. The van der Waals surface area contributed by atoms with Gasteiger partial charge in [-0.2, -0.15) is 0 Å². The third kappa shape index (κ3) is 6.31. The highest BCUT2D eigenvalue weighted by Crippen LogP contribution is 2.19.